The van der Waals surface area contributed by atoms with Crippen LogP contribution < -0.4 is 21.5 Å². The number of aromatic nitrogens is 1. The molecule has 216 valence electrons. The van der Waals surface area contributed by atoms with Crippen LogP contribution in [0.3, 0.4) is 0 Å². The van der Waals surface area contributed by atoms with Gasteiger partial charge in [0.05, 0.1) is 41.1 Å². The van der Waals surface area contributed by atoms with Gasteiger partial charge in [-0.3, -0.25) is 19.2 Å². The summed E-state index contributed by atoms with van der Waals surface area (Å²) in [7, 11) is 0. The summed E-state index contributed by atoms with van der Waals surface area (Å²) in [5.74, 6) is -3.26. The van der Waals surface area contributed by atoms with Crippen molar-refractivity contribution < 1.29 is 36.7 Å². The molecule has 3 aromatic rings. The van der Waals surface area contributed by atoms with E-state index in [-0.39, 0.29) is 67.8 Å². The highest BCUT2D eigenvalue weighted by Gasteiger charge is 2.41. The lowest BCUT2D eigenvalue weighted by Gasteiger charge is -2.31. The highest BCUT2D eigenvalue weighted by atomic mass is 19.4. The van der Waals surface area contributed by atoms with Gasteiger partial charge in [-0.25, -0.2) is 4.39 Å². The molecule has 0 aliphatic carbocycles. The van der Waals surface area contributed by atoms with Gasteiger partial charge in [-0.15, -0.1) is 0 Å². The molecule has 2 aliphatic rings. The minimum absolute atomic E-state index is 0.0398. The summed E-state index contributed by atoms with van der Waals surface area (Å²) in [6.45, 7) is 0.665. The van der Waals surface area contributed by atoms with Gasteiger partial charge in [0.2, 0.25) is 11.5 Å². The normalized spacial score (nSPS) is 17.6. The predicted octanol–water partition coefficient (Wildman–Crippen LogP) is 2.27. The molecular formula is C27H25F4N5O5. The van der Waals surface area contributed by atoms with E-state index in [0.29, 0.717) is 6.07 Å². The Bertz CT molecular complexity index is 1600. The number of carbonyl (C=O) groups excluding carboxylic acids is 3. The number of nitrogens with zero attached hydrogens (tertiary/aromatic N) is 2. The van der Waals surface area contributed by atoms with Crippen LogP contribution in [0.2, 0.25) is 0 Å². The summed E-state index contributed by atoms with van der Waals surface area (Å²) in [4.78, 5) is 55.6. The number of anilines is 1. The molecule has 2 saturated heterocycles. The minimum Gasteiger partial charge on any atom is -0.378 e. The third-order valence-corrected chi connectivity index (χ3v) is 7.14. The average Bonchev–Trinajstić information content (AvgIpc) is 3.40. The van der Waals surface area contributed by atoms with Crippen LogP contribution in [0.4, 0.5) is 23.2 Å². The van der Waals surface area contributed by atoms with Crippen molar-refractivity contribution in [2.45, 2.75) is 18.6 Å². The molecule has 2 aliphatic heterocycles. The highest BCUT2D eigenvalue weighted by molar-refractivity contribution is 6.06. The Morgan fingerprint density at radius 3 is 2.46 bits per heavy atom. The van der Waals surface area contributed by atoms with E-state index in [0.717, 1.165) is 18.2 Å². The average molecular weight is 576 g/mol. The van der Waals surface area contributed by atoms with Crippen LogP contribution in [0.15, 0.2) is 41.2 Å². The number of ether oxygens (including phenoxy) is 1. The molecule has 5 rings (SSSR count). The fourth-order valence-electron chi connectivity index (χ4n) is 5.21. The number of benzene rings is 2. The van der Waals surface area contributed by atoms with Gasteiger partial charge in [0.15, 0.2) is 0 Å². The first-order valence-electron chi connectivity index (χ1n) is 12.7. The Morgan fingerprint density at radius 1 is 1.05 bits per heavy atom. The molecule has 0 bridgehead atoms. The monoisotopic (exact) mass is 575 g/mol. The number of halogens is 4. The maximum atomic E-state index is 14.3. The van der Waals surface area contributed by atoms with Crippen LogP contribution in [-0.4, -0.2) is 73.0 Å². The lowest BCUT2D eigenvalue weighted by molar-refractivity contribution is -0.137. The Labute approximate surface area is 230 Å². The summed E-state index contributed by atoms with van der Waals surface area (Å²) in [5, 5.41) is 2.87. The second kappa shape index (κ2) is 10.8. The molecule has 2 aromatic carbocycles. The smallest absolute Gasteiger partial charge is 0.378 e. The van der Waals surface area contributed by atoms with Gasteiger partial charge in [-0.1, -0.05) is 12.1 Å². The first kappa shape index (κ1) is 28.1. The van der Waals surface area contributed by atoms with Crippen molar-refractivity contribution in [2.24, 2.45) is 5.73 Å². The van der Waals surface area contributed by atoms with E-state index in [1.54, 1.807) is 0 Å². The van der Waals surface area contributed by atoms with Gasteiger partial charge in [0, 0.05) is 49.2 Å². The number of rotatable bonds is 5. The lowest BCUT2D eigenvalue weighted by Crippen LogP contribution is -2.42. The molecule has 41 heavy (non-hydrogen) atoms. The molecular weight excluding hydrogens is 550 g/mol. The van der Waals surface area contributed by atoms with E-state index in [1.807, 2.05) is 0 Å². The molecule has 14 heteroatoms. The molecule has 3 amide bonds. The predicted molar refractivity (Wildman–Crippen MR) is 139 cm³/mol. The molecule has 2 fully saturated rings. The number of nitrogens with one attached hydrogen (secondary N) is 2. The number of morpholine rings is 1. The molecule has 0 spiro atoms. The molecule has 1 aromatic heterocycles. The zero-order chi connectivity index (χ0) is 29.5. The quantitative estimate of drug-likeness (QED) is 0.399. The third kappa shape index (κ3) is 5.59. The summed E-state index contributed by atoms with van der Waals surface area (Å²) >= 11 is 0. The van der Waals surface area contributed by atoms with Crippen molar-refractivity contribution in [1.29, 1.82) is 0 Å². The number of pyridine rings is 1. The number of aromatic amines is 1. The fraction of sp³-hybridized carbons (Fsp3) is 0.333. The maximum Gasteiger partial charge on any atom is 0.418 e. The molecule has 3 heterocycles. The van der Waals surface area contributed by atoms with Gasteiger partial charge in [-0.2, -0.15) is 13.2 Å². The second-order valence-corrected chi connectivity index (χ2v) is 9.80. The SMILES string of the molecule is NC(=O)c1cc(C(=O)N2CCOCC2)c(N2CC[C@@H](NC(=O)c3cc(=O)[nH]c4c(F)cccc34)C2)c(C(F)(F)F)c1. The van der Waals surface area contributed by atoms with Crippen molar-refractivity contribution in [1.82, 2.24) is 15.2 Å². The minimum atomic E-state index is -4.93. The second-order valence-electron chi connectivity index (χ2n) is 9.80. The van der Waals surface area contributed by atoms with Crippen LogP contribution >= 0.6 is 0 Å². The largest absolute Gasteiger partial charge is 0.418 e. The molecule has 1 atom stereocenters. The number of fused-ring (bicyclic) bond motifs is 1. The van der Waals surface area contributed by atoms with Gasteiger partial charge in [0.25, 0.3) is 11.8 Å². The summed E-state index contributed by atoms with van der Waals surface area (Å²) in [5.41, 5.74) is 1.96. The Morgan fingerprint density at radius 2 is 1.78 bits per heavy atom. The van der Waals surface area contributed by atoms with E-state index in [2.05, 4.69) is 10.3 Å². The zero-order valence-electron chi connectivity index (χ0n) is 21.5. The van der Waals surface area contributed by atoms with E-state index in [9.17, 15) is 36.7 Å². The summed E-state index contributed by atoms with van der Waals surface area (Å²) in [6.07, 6.45) is -4.72. The van der Waals surface area contributed by atoms with E-state index >= 15 is 0 Å². The number of amides is 3. The Kier molecular flexibility index (Phi) is 7.43. The molecule has 10 nitrogen and oxygen atoms in total. The van der Waals surface area contributed by atoms with Crippen molar-refractivity contribution in [3.8, 4) is 0 Å². The standard InChI is InChI=1S/C27H25F4N5O5/c28-20-3-1-2-16-17(12-21(37)34-22(16)20)25(39)33-15-4-5-36(13-15)23-18(26(40)35-6-8-41-9-7-35)10-14(24(32)38)11-19(23)27(29,30)31/h1-3,10-12,15H,4-9,13H2,(H2,32,38)(H,33,39)(H,34,37)/t15-/m1/s1. The number of carbonyl (C=O) groups is 3. The first-order chi connectivity index (χ1) is 19.4. The van der Waals surface area contributed by atoms with Crippen LogP contribution in [0.1, 0.15) is 43.1 Å². The van der Waals surface area contributed by atoms with Crippen LogP contribution in [0, 0.1) is 5.82 Å². The maximum absolute atomic E-state index is 14.3. The van der Waals surface area contributed by atoms with Crippen molar-refractivity contribution >= 4 is 34.3 Å². The fourth-order valence-corrected chi connectivity index (χ4v) is 5.21. The van der Waals surface area contributed by atoms with Crippen molar-refractivity contribution in [3.05, 3.63) is 74.8 Å². The number of H-pyrrole nitrogens is 1. The number of para-hydroxylation sites is 1. The van der Waals surface area contributed by atoms with Gasteiger partial charge >= 0.3 is 6.18 Å². The van der Waals surface area contributed by atoms with Gasteiger partial charge < -0.3 is 30.6 Å². The van der Waals surface area contributed by atoms with Crippen LogP contribution in [-0.2, 0) is 10.9 Å². The molecule has 0 saturated carbocycles. The van der Waals surface area contributed by atoms with E-state index in [1.165, 1.54) is 21.9 Å². The van der Waals surface area contributed by atoms with Crippen LogP contribution in [0.25, 0.3) is 10.9 Å². The number of alkyl halides is 3. The number of nitrogens with two attached hydrogens (primary N) is 1. The highest BCUT2D eigenvalue weighted by Crippen LogP contribution is 2.41. The summed E-state index contributed by atoms with van der Waals surface area (Å²) < 4.78 is 62.4. The van der Waals surface area contributed by atoms with Crippen LogP contribution in [0.5, 0.6) is 0 Å². The third-order valence-electron chi connectivity index (χ3n) is 7.14. The molecule has 4 N–H and O–H groups in total. The van der Waals surface area contributed by atoms with Crippen molar-refractivity contribution in [2.75, 3.05) is 44.3 Å². The zero-order valence-corrected chi connectivity index (χ0v) is 21.5. The number of hydrogen-bond acceptors (Lipinski definition) is 6. The molecule has 0 unspecified atom stereocenters. The van der Waals surface area contributed by atoms with Gasteiger partial charge in [-0.05, 0) is 24.6 Å². The van der Waals surface area contributed by atoms with E-state index in [4.69, 9.17) is 10.5 Å². The number of primary amides is 1. The number of hydrogen-bond donors (Lipinski definition) is 3. The van der Waals surface area contributed by atoms with Crippen molar-refractivity contribution in [3.63, 3.8) is 0 Å². The lowest BCUT2D eigenvalue weighted by atomic mass is 9.99. The topological polar surface area (TPSA) is 138 Å². The molecule has 0 radical (unpaired) electrons. The Balaban J connectivity index is 1.48. The first-order valence-corrected chi connectivity index (χ1v) is 12.7. The summed E-state index contributed by atoms with van der Waals surface area (Å²) in [6, 6.07) is 6.01. The van der Waals surface area contributed by atoms with Gasteiger partial charge in [0.1, 0.15) is 5.82 Å². The van der Waals surface area contributed by atoms with E-state index < -0.39 is 58.1 Å². The Hall–Kier alpha value is -4.46.